The maximum atomic E-state index is 8.76. The van der Waals surface area contributed by atoms with Crippen LogP contribution in [0.5, 0.6) is 5.75 Å². The zero-order valence-electron chi connectivity index (χ0n) is 9.68. The Bertz CT molecular complexity index is 370. The molecule has 0 radical (unpaired) electrons. The number of benzene rings is 1. The Balaban J connectivity index is 2.57. The Labute approximate surface area is 103 Å². The van der Waals surface area contributed by atoms with Crippen LogP contribution in [0.15, 0.2) is 24.3 Å². The van der Waals surface area contributed by atoms with Gasteiger partial charge in [0.15, 0.2) is 0 Å². The van der Waals surface area contributed by atoms with Crippen LogP contribution in [0.25, 0.3) is 0 Å². The van der Waals surface area contributed by atoms with Crippen molar-refractivity contribution in [3.63, 3.8) is 0 Å². The lowest BCUT2D eigenvalue weighted by Gasteiger charge is -2.18. The van der Waals surface area contributed by atoms with Gasteiger partial charge in [-0.15, -0.1) is 0 Å². The highest BCUT2D eigenvalue weighted by Crippen LogP contribution is 2.17. The molecule has 3 heteroatoms. The molecule has 0 aliphatic heterocycles. The molecule has 16 heavy (non-hydrogen) atoms. The molecule has 0 aliphatic rings. The molecule has 0 saturated carbocycles. The summed E-state index contributed by atoms with van der Waals surface area (Å²) in [5, 5.41) is 8.76. The van der Waals surface area contributed by atoms with E-state index in [0.717, 1.165) is 11.5 Å². The van der Waals surface area contributed by atoms with Crippen LogP contribution in [-0.2, 0) is 0 Å². The van der Waals surface area contributed by atoms with Gasteiger partial charge in [0.25, 0.3) is 0 Å². The van der Waals surface area contributed by atoms with E-state index < -0.39 is 0 Å². The summed E-state index contributed by atoms with van der Waals surface area (Å²) < 4.78 is 5.66. The van der Waals surface area contributed by atoms with Gasteiger partial charge in [-0.05, 0) is 29.9 Å². The number of nitrogens with zero attached hydrogens (tertiary/aromatic N) is 1. The topological polar surface area (TPSA) is 33.0 Å². The third-order valence-electron chi connectivity index (χ3n) is 2.60. The van der Waals surface area contributed by atoms with Crippen molar-refractivity contribution in [2.24, 2.45) is 11.8 Å². The van der Waals surface area contributed by atoms with Crippen LogP contribution in [0, 0.1) is 23.2 Å². The lowest BCUT2D eigenvalue weighted by Crippen LogP contribution is -2.19. The first kappa shape index (κ1) is 12.9. The first-order valence-corrected chi connectivity index (χ1v) is 6.04. The molecule has 0 bridgehead atoms. The number of rotatable bonds is 5. The van der Waals surface area contributed by atoms with E-state index in [1.165, 1.54) is 0 Å². The van der Waals surface area contributed by atoms with Gasteiger partial charge in [0.1, 0.15) is 5.75 Å². The number of ether oxygens (including phenoxy) is 1. The highest BCUT2D eigenvalue weighted by molar-refractivity contribution is 7.80. The van der Waals surface area contributed by atoms with Crippen LogP contribution in [0.3, 0.4) is 0 Å². The molecule has 0 aromatic heterocycles. The smallest absolute Gasteiger partial charge is 0.120 e. The van der Waals surface area contributed by atoms with E-state index in [1.807, 2.05) is 12.1 Å². The van der Waals surface area contributed by atoms with Crippen molar-refractivity contribution in [1.29, 1.82) is 5.26 Å². The molecule has 0 heterocycles. The molecule has 0 N–H and O–H groups in total. The molecule has 0 amide bonds. The van der Waals surface area contributed by atoms with E-state index in [-0.39, 0.29) is 0 Å². The standard InChI is InChI=1S/C13H17NOS/c1-10(2)12(9-16)8-15-13-5-3-4-11(6-13)7-14/h3-6,10,12,16H,8-9H2,1-2H3. The van der Waals surface area contributed by atoms with E-state index in [0.29, 0.717) is 24.0 Å². The highest BCUT2D eigenvalue weighted by atomic mass is 32.1. The molecular formula is C13H17NOS. The van der Waals surface area contributed by atoms with Gasteiger partial charge in [-0.1, -0.05) is 19.9 Å². The minimum Gasteiger partial charge on any atom is -0.493 e. The SMILES string of the molecule is CC(C)C(CS)COc1cccc(C#N)c1. The molecule has 1 unspecified atom stereocenters. The van der Waals surface area contributed by atoms with Crippen LogP contribution < -0.4 is 4.74 Å². The predicted octanol–water partition coefficient (Wildman–Crippen LogP) is 3.14. The summed E-state index contributed by atoms with van der Waals surface area (Å²) in [4.78, 5) is 0. The summed E-state index contributed by atoms with van der Waals surface area (Å²) >= 11 is 4.31. The van der Waals surface area contributed by atoms with Gasteiger partial charge in [0.05, 0.1) is 18.2 Å². The van der Waals surface area contributed by atoms with Crippen LogP contribution in [0.4, 0.5) is 0 Å². The number of nitriles is 1. The average Bonchev–Trinajstić information content (AvgIpc) is 2.29. The molecule has 1 atom stereocenters. The number of thiol groups is 1. The molecular weight excluding hydrogens is 218 g/mol. The summed E-state index contributed by atoms with van der Waals surface area (Å²) in [5.41, 5.74) is 0.629. The molecule has 2 nitrogen and oxygen atoms in total. The van der Waals surface area contributed by atoms with Gasteiger partial charge in [0.2, 0.25) is 0 Å². The Morgan fingerprint density at radius 3 is 2.75 bits per heavy atom. The molecule has 86 valence electrons. The third kappa shape index (κ3) is 3.79. The van der Waals surface area contributed by atoms with Gasteiger partial charge in [-0.25, -0.2) is 0 Å². The lowest BCUT2D eigenvalue weighted by molar-refractivity contribution is 0.227. The molecule has 1 rings (SSSR count). The highest BCUT2D eigenvalue weighted by Gasteiger charge is 2.12. The summed E-state index contributed by atoms with van der Waals surface area (Å²) in [5.74, 6) is 2.56. The average molecular weight is 235 g/mol. The van der Waals surface area contributed by atoms with E-state index in [4.69, 9.17) is 10.00 Å². The first-order chi connectivity index (χ1) is 7.67. The largest absolute Gasteiger partial charge is 0.493 e. The second kappa shape index (κ2) is 6.44. The minimum absolute atomic E-state index is 0.439. The van der Waals surface area contributed by atoms with Crippen molar-refractivity contribution in [1.82, 2.24) is 0 Å². The van der Waals surface area contributed by atoms with Crippen LogP contribution in [0.2, 0.25) is 0 Å². The van der Waals surface area contributed by atoms with Gasteiger partial charge < -0.3 is 4.74 Å². The first-order valence-electron chi connectivity index (χ1n) is 5.41. The fourth-order valence-corrected chi connectivity index (χ4v) is 1.84. The third-order valence-corrected chi connectivity index (χ3v) is 3.07. The van der Waals surface area contributed by atoms with Crippen LogP contribution in [-0.4, -0.2) is 12.4 Å². The molecule has 1 aromatic rings. The van der Waals surface area contributed by atoms with Gasteiger partial charge in [0, 0.05) is 5.92 Å². The lowest BCUT2D eigenvalue weighted by atomic mass is 9.99. The predicted molar refractivity (Wildman–Crippen MR) is 68.8 cm³/mol. The van der Waals surface area contributed by atoms with Crippen LogP contribution >= 0.6 is 12.6 Å². The molecule has 0 aliphatic carbocycles. The van der Waals surface area contributed by atoms with Crippen molar-refractivity contribution in [3.05, 3.63) is 29.8 Å². The second-order valence-corrected chi connectivity index (χ2v) is 4.50. The quantitative estimate of drug-likeness (QED) is 0.795. The Kier molecular flexibility index (Phi) is 5.21. The summed E-state index contributed by atoms with van der Waals surface area (Å²) in [7, 11) is 0. The second-order valence-electron chi connectivity index (χ2n) is 4.14. The Morgan fingerprint density at radius 1 is 1.44 bits per heavy atom. The van der Waals surface area contributed by atoms with E-state index in [9.17, 15) is 0 Å². The molecule has 0 spiro atoms. The normalized spacial score (nSPS) is 12.2. The summed E-state index contributed by atoms with van der Waals surface area (Å²) in [6.07, 6.45) is 0. The number of hydrogen-bond acceptors (Lipinski definition) is 3. The Morgan fingerprint density at radius 2 is 2.19 bits per heavy atom. The molecule has 0 fully saturated rings. The zero-order chi connectivity index (χ0) is 12.0. The van der Waals surface area contributed by atoms with E-state index >= 15 is 0 Å². The van der Waals surface area contributed by atoms with Crippen LogP contribution in [0.1, 0.15) is 19.4 Å². The number of hydrogen-bond donors (Lipinski definition) is 1. The van der Waals surface area contributed by atoms with Crippen molar-refractivity contribution in [2.45, 2.75) is 13.8 Å². The van der Waals surface area contributed by atoms with Crippen molar-refractivity contribution < 1.29 is 4.74 Å². The zero-order valence-corrected chi connectivity index (χ0v) is 10.6. The minimum atomic E-state index is 0.439. The maximum Gasteiger partial charge on any atom is 0.120 e. The van der Waals surface area contributed by atoms with E-state index in [2.05, 4.69) is 32.5 Å². The van der Waals surface area contributed by atoms with Gasteiger partial charge in [-0.3, -0.25) is 0 Å². The fourth-order valence-electron chi connectivity index (χ4n) is 1.31. The summed E-state index contributed by atoms with van der Waals surface area (Å²) in [6.45, 7) is 4.97. The van der Waals surface area contributed by atoms with Gasteiger partial charge >= 0.3 is 0 Å². The fraction of sp³-hybridized carbons (Fsp3) is 0.462. The molecule has 1 aromatic carbocycles. The van der Waals surface area contributed by atoms with Crippen molar-refractivity contribution >= 4 is 12.6 Å². The maximum absolute atomic E-state index is 8.76. The molecule has 0 saturated heterocycles. The van der Waals surface area contributed by atoms with E-state index in [1.54, 1.807) is 12.1 Å². The summed E-state index contributed by atoms with van der Waals surface area (Å²) in [6, 6.07) is 9.33. The monoisotopic (exact) mass is 235 g/mol. The van der Waals surface area contributed by atoms with Gasteiger partial charge in [-0.2, -0.15) is 17.9 Å². The van der Waals surface area contributed by atoms with Crippen molar-refractivity contribution in [3.8, 4) is 11.8 Å². The van der Waals surface area contributed by atoms with Crippen molar-refractivity contribution in [2.75, 3.05) is 12.4 Å². The Hall–Kier alpha value is -1.14.